The summed E-state index contributed by atoms with van der Waals surface area (Å²) < 4.78 is 18.1. The summed E-state index contributed by atoms with van der Waals surface area (Å²) in [7, 11) is 0. The van der Waals surface area contributed by atoms with E-state index in [-0.39, 0.29) is 5.02 Å². The van der Waals surface area contributed by atoms with E-state index >= 15 is 0 Å². The van der Waals surface area contributed by atoms with Gasteiger partial charge in [-0.3, -0.25) is 0 Å². The molecule has 0 aliphatic carbocycles. The fourth-order valence-corrected chi connectivity index (χ4v) is 1.55. The summed E-state index contributed by atoms with van der Waals surface area (Å²) in [5.74, 6) is 0.419. The van der Waals surface area contributed by atoms with Gasteiger partial charge >= 0.3 is 0 Å². The van der Waals surface area contributed by atoms with Crippen molar-refractivity contribution in [1.29, 1.82) is 0 Å². The lowest BCUT2D eigenvalue weighted by Crippen LogP contribution is -2.21. The molecule has 2 rings (SSSR count). The molecule has 0 radical (unpaired) electrons. The zero-order chi connectivity index (χ0) is 13.1. The van der Waals surface area contributed by atoms with Crippen molar-refractivity contribution in [2.45, 2.75) is 26.4 Å². The highest BCUT2D eigenvalue weighted by molar-refractivity contribution is 6.31. The van der Waals surface area contributed by atoms with Gasteiger partial charge in [-0.25, -0.2) is 4.39 Å². The monoisotopic (exact) mass is 269 g/mol. The van der Waals surface area contributed by atoms with E-state index in [0.29, 0.717) is 29.9 Å². The van der Waals surface area contributed by atoms with Crippen molar-refractivity contribution in [2.75, 3.05) is 0 Å². The zero-order valence-electron chi connectivity index (χ0n) is 10.1. The van der Waals surface area contributed by atoms with Crippen LogP contribution >= 0.6 is 11.6 Å². The van der Waals surface area contributed by atoms with Crippen molar-refractivity contribution < 1.29 is 8.91 Å². The van der Waals surface area contributed by atoms with Crippen LogP contribution in [0.2, 0.25) is 5.02 Å². The van der Waals surface area contributed by atoms with Crippen LogP contribution in [0.15, 0.2) is 22.7 Å². The van der Waals surface area contributed by atoms with Gasteiger partial charge in [-0.15, -0.1) is 0 Å². The largest absolute Gasteiger partial charge is 0.338 e. The smallest absolute Gasteiger partial charge is 0.240 e. The second-order valence-corrected chi connectivity index (χ2v) is 4.58. The van der Waals surface area contributed by atoms with Crippen LogP contribution in [0.3, 0.4) is 0 Å². The molecule has 96 valence electrons. The summed E-state index contributed by atoms with van der Waals surface area (Å²) >= 11 is 5.70. The number of hydrogen-bond donors (Lipinski definition) is 1. The van der Waals surface area contributed by atoms with Crippen molar-refractivity contribution in [3.8, 4) is 11.4 Å². The van der Waals surface area contributed by atoms with Gasteiger partial charge in [0.05, 0.1) is 11.6 Å². The van der Waals surface area contributed by atoms with Crippen LogP contribution < -0.4 is 5.32 Å². The lowest BCUT2D eigenvalue weighted by Gasteiger charge is -2.02. The first-order valence-electron chi connectivity index (χ1n) is 5.57. The summed E-state index contributed by atoms with van der Waals surface area (Å²) in [5.41, 5.74) is 0.626. The Kier molecular flexibility index (Phi) is 3.93. The minimum Gasteiger partial charge on any atom is -0.338 e. The SMILES string of the molecule is CC(C)NCc1nc(-c2ccc(F)c(Cl)c2)no1. The van der Waals surface area contributed by atoms with E-state index in [2.05, 4.69) is 15.5 Å². The first-order valence-corrected chi connectivity index (χ1v) is 5.95. The number of halogens is 2. The summed E-state index contributed by atoms with van der Waals surface area (Å²) in [4.78, 5) is 4.20. The van der Waals surface area contributed by atoms with Crippen LogP contribution in [0, 0.1) is 5.82 Å². The average molecular weight is 270 g/mol. The van der Waals surface area contributed by atoms with Gasteiger partial charge in [-0.1, -0.05) is 30.6 Å². The first-order chi connectivity index (χ1) is 8.56. The van der Waals surface area contributed by atoms with Gasteiger partial charge < -0.3 is 9.84 Å². The van der Waals surface area contributed by atoms with Crippen LogP contribution in [0.1, 0.15) is 19.7 Å². The Balaban J connectivity index is 2.16. The third kappa shape index (κ3) is 3.05. The van der Waals surface area contributed by atoms with Gasteiger partial charge in [0.15, 0.2) is 0 Å². The Morgan fingerprint density at radius 2 is 2.22 bits per heavy atom. The van der Waals surface area contributed by atoms with Crippen LogP contribution in [0.5, 0.6) is 0 Å². The van der Waals surface area contributed by atoms with Gasteiger partial charge in [0, 0.05) is 11.6 Å². The van der Waals surface area contributed by atoms with Gasteiger partial charge in [0.2, 0.25) is 11.7 Å². The number of rotatable bonds is 4. The molecular weight excluding hydrogens is 257 g/mol. The molecule has 4 nitrogen and oxygen atoms in total. The molecule has 0 aliphatic heterocycles. The van der Waals surface area contributed by atoms with E-state index in [1.807, 2.05) is 13.8 Å². The van der Waals surface area contributed by atoms with Crippen LogP contribution in [0.4, 0.5) is 4.39 Å². The number of nitrogens with zero attached hydrogens (tertiary/aromatic N) is 2. The molecule has 2 aromatic rings. The van der Waals surface area contributed by atoms with E-state index in [1.165, 1.54) is 12.1 Å². The van der Waals surface area contributed by atoms with Crippen molar-refractivity contribution in [2.24, 2.45) is 0 Å². The third-order valence-electron chi connectivity index (χ3n) is 2.31. The van der Waals surface area contributed by atoms with Gasteiger partial charge in [0.25, 0.3) is 0 Å². The van der Waals surface area contributed by atoms with Gasteiger partial charge in [-0.05, 0) is 18.2 Å². The van der Waals surface area contributed by atoms with Crippen molar-refractivity contribution in [1.82, 2.24) is 15.5 Å². The molecule has 0 saturated carbocycles. The predicted octanol–water partition coefficient (Wildman–Crippen LogP) is 3.03. The molecule has 18 heavy (non-hydrogen) atoms. The van der Waals surface area contributed by atoms with Crippen LogP contribution in [-0.2, 0) is 6.54 Å². The van der Waals surface area contributed by atoms with E-state index in [1.54, 1.807) is 6.07 Å². The van der Waals surface area contributed by atoms with Gasteiger partial charge in [-0.2, -0.15) is 4.98 Å². The highest BCUT2D eigenvalue weighted by atomic mass is 35.5. The molecular formula is C12H13ClFN3O. The lowest BCUT2D eigenvalue weighted by atomic mass is 10.2. The molecule has 0 atom stereocenters. The van der Waals surface area contributed by atoms with E-state index in [9.17, 15) is 4.39 Å². The highest BCUT2D eigenvalue weighted by Crippen LogP contribution is 2.22. The maximum Gasteiger partial charge on any atom is 0.240 e. The normalized spacial score (nSPS) is 11.2. The Labute approximate surface area is 109 Å². The summed E-state index contributed by atoms with van der Waals surface area (Å²) in [5, 5.41) is 7.03. The Morgan fingerprint density at radius 1 is 1.44 bits per heavy atom. The first kappa shape index (κ1) is 13.0. The Morgan fingerprint density at radius 3 is 2.89 bits per heavy atom. The fourth-order valence-electron chi connectivity index (χ4n) is 1.37. The van der Waals surface area contributed by atoms with E-state index in [0.717, 1.165) is 0 Å². The Bertz CT molecular complexity index is 542. The maximum atomic E-state index is 13.0. The maximum absolute atomic E-state index is 13.0. The minimum absolute atomic E-state index is 0.0409. The van der Waals surface area contributed by atoms with E-state index in [4.69, 9.17) is 16.1 Å². The third-order valence-corrected chi connectivity index (χ3v) is 2.60. The zero-order valence-corrected chi connectivity index (χ0v) is 10.8. The summed E-state index contributed by atoms with van der Waals surface area (Å²) in [6.45, 7) is 4.55. The Hall–Kier alpha value is -1.46. The standard InChI is InChI=1S/C12H13ClFN3O/c1-7(2)15-6-11-16-12(17-18-11)8-3-4-10(14)9(13)5-8/h3-5,7,15H,6H2,1-2H3. The minimum atomic E-state index is -0.467. The second-order valence-electron chi connectivity index (χ2n) is 4.18. The fraction of sp³-hybridized carbons (Fsp3) is 0.333. The molecule has 0 bridgehead atoms. The summed E-state index contributed by atoms with van der Waals surface area (Å²) in [6.07, 6.45) is 0. The lowest BCUT2D eigenvalue weighted by molar-refractivity contribution is 0.362. The van der Waals surface area contributed by atoms with Crippen LogP contribution in [0.25, 0.3) is 11.4 Å². The molecule has 1 heterocycles. The van der Waals surface area contributed by atoms with Gasteiger partial charge in [0.1, 0.15) is 5.82 Å². The van der Waals surface area contributed by atoms with E-state index < -0.39 is 5.82 Å². The topological polar surface area (TPSA) is 51.0 Å². The molecule has 1 aromatic carbocycles. The molecule has 0 aliphatic rings. The van der Waals surface area contributed by atoms with Crippen molar-refractivity contribution in [3.05, 3.63) is 34.9 Å². The molecule has 0 fully saturated rings. The quantitative estimate of drug-likeness (QED) is 0.927. The number of benzene rings is 1. The predicted molar refractivity (Wildman–Crippen MR) is 66.7 cm³/mol. The molecule has 0 unspecified atom stereocenters. The molecule has 0 saturated heterocycles. The van der Waals surface area contributed by atoms with Crippen molar-refractivity contribution >= 4 is 11.6 Å². The van der Waals surface area contributed by atoms with Crippen LogP contribution in [-0.4, -0.2) is 16.2 Å². The molecule has 1 N–H and O–H groups in total. The number of nitrogens with one attached hydrogen (secondary N) is 1. The molecule has 1 aromatic heterocycles. The number of aromatic nitrogens is 2. The number of hydrogen-bond acceptors (Lipinski definition) is 4. The van der Waals surface area contributed by atoms with Crippen molar-refractivity contribution in [3.63, 3.8) is 0 Å². The highest BCUT2D eigenvalue weighted by Gasteiger charge is 2.10. The average Bonchev–Trinajstić information content (AvgIpc) is 2.79. The summed E-state index contributed by atoms with van der Waals surface area (Å²) in [6, 6.07) is 4.65. The molecule has 0 spiro atoms. The second kappa shape index (κ2) is 5.46. The molecule has 0 amide bonds. The molecule has 6 heteroatoms.